The van der Waals surface area contributed by atoms with Gasteiger partial charge >= 0.3 is 0 Å². The predicted molar refractivity (Wildman–Crippen MR) is 136 cm³/mol. The second kappa shape index (κ2) is 7.73. The first kappa shape index (κ1) is 22.6. The van der Waals surface area contributed by atoms with E-state index < -0.39 is 42.5 Å². The number of pyridine rings is 1. The molecule has 2 amide bonds. The summed E-state index contributed by atoms with van der Waals surface area (Å²) in [6.07, 6.45) is -4.91. The maximum atomic E-state index is 13.5. The SMILES string of the molecule is CN1C(=O)c2c(c3c4ccccc4n([C@@H]4O[C@H](CCl)[C@@H](O)[C@H](O)[C@H]4O)c3c3[nH]c4ncccc4c23)C1=O. The third-order valence-electron chi connectivity index (χ3n) is 7.60. The Bertz CT molecular complexity index is 1790. The van der Waals surface area contributed by atoms with Crippen molar-refractivity contribution in [3.05, 3.63) is 53.7 Å². The maximum Gasteiger partial charge on any atom is 0.262 e. The predicted octanol–water partition coefficient (Wildman–Crippen LogP) is 2.27. The van der Waals surface area contributed by atoms with Gasteiger partial charge in [0, 0.05) is 34.8 Å². The lowest BCUT2D eigenvalue weighted by molar-refractivity contribution is -0.237. The quantitative estimate of drug-likeness (QED) is 0.207. The van der Waals surface area contributed by atoms with Crippen LogP contribution in [0, 0.1) is 0 Å². The fourth-order valence-corrected chi connectivity index (χ4v) is 6.12. The highest BCUT2D eigenvalue weighted by atomic mass is 35.5. The number of fused-ring (bicyclic) bond motifs is 10. The molecule has 3 aromatic heterocycles. The number of aliphatic hydroxyl groups is 3. The van der Waals surface area contributed by atoms with Crippen LogP contribution < -0.4 is 0 Å². The van der Waals surface area contributed by atoms with Crippen LogP contribution in [0.1, 0.15) is 26.9 Å². The van der Waals surface area contributed by atoms with Gasteiger partial charge in [-0.15, -0.1) is 11.6 Å². The Hall–Kier alpha value is -3.54. The first-order chi connectivity index (χ1) is 17.8. The Balaban J connectivity index is 1.71. The number of para-hydroxylation sites is 1. The number of nitrogens with zero attached hydrogens (tertiary/aromatic N) is 3. The molecule has 0 aliphatic carbocycles. The minimum absolute atomic E-state index is 0.114. The van der Waals surface area contributed by atoms with E-state index in [1.807, 2.05) is 24.3 Å². The van der Waals surface area contributed by atoms with E-state index in [1.54, 1.807) is 22.9 Å². The van der Waals surface area contributed by atoms with Crippen molar-refractivity contribution < 1.29 is 29.6 Å². The number of aromatic nitrogens is 3. The molecule has 5 heterocycles. The Labute approximate surface area is 213 Å². The summed E-state index contributed by atoms with van der Waals surface area (Å²) >= 11 is 6.04. The van der Waals surface area contributed by atoms with Gasteiger partial charge in [-0.25, -0.2) is 4.98 Å². The lowest BCUT2D eigenvalue weighted by Crippen LogP contribution is -2.56. The van der Waals surface area contributed by atoms with Gasteiger partial charge in [0.25, 0.3) is 11.8 Å². The number of hydrogen-bond acceptors (Lipinski definition) is 7. The number of imide groups is 1. The summed E-state index contributed by atoms with van der Waals surface area (Å²) in [5.41, 5.74) is 2.72. The molecule has 37 heavy (non-hydrogen) atoms. The molecule has 188 valence electrons. The van der Waals surface area contributed by atoms with Gasteiger partial charge in [-0.2, -0.15) is 0 Å². The van der Waals surface area contributed by atoms with Crippen molar-refractivity contribution in [2.24, 2.45) is 0 Å². The maximum absolute atomic E-state index is 13.5. The van der Waals surface area contributed by atoms with Gasteiger partial charge < -0.3 is 29.6 Å². The molecule has 2 aliphatic rings. The standard InChI is InChI=1S/C26H21ClN4O6/c1-30-24(35)16-14-11-6-4-8-28-23(11)29-18(14)19-15(17(16)25(30)36)10-5-2-3-7-12(10)31(19)26-22(34)21(33)20(32)13(9-27)37-26/h2-8,13,20-22,26,32-34H,9H2,1H3,(H,28,29)/t13-,20-,21+,22-,26-/m1/s1. The zero-order chi connectivity index (χ0) is 25.7. The number of nitrogens with one attached hydrogen (secondary N) is 1. The number of carbonyl (C=O) groups is 2. The summed E-state index contributed by atoms with van der Waals surface area (Å²) in [6.45, 7) is 0. The third kappa shape index (κ3) is 2.76. The minimum atomic E-state index is -1.53. The van der Waals surface area contributed by atoms with Crippen molar-refractivity contribution in [1.82, 2.24) is 19.4 Å². The Morgan fingerprint density at radius 1 is 0.973 bits per heavy atom. The molecular formula is C26H21ClN4O6. The zero-order valence-corrected chi connectivity index (χ0v) is 20.2. The number of halogens is 1. The van der Waals surface area contributed by atoms with E-state index in [9.17, 15) is 24.9 Å². The summed E-state index contributed by atoms with van der Waals surface area (Å²) in [7, 11) is 1.45. The lowest BCUT2D eigenvalue weighted by Gasteiger charge is -2.41. The zero-order valence-electron chi connectivity index (χ0n) is 19.4. The van der Waals surface area contributed by atoms with Crippen molar-refractivity contribution in [3.8, 4) is 0 Å². The highest BCUT2D eigenvalue weighted by Gasteiger charge is 2.46. The van der Waals surface area contributed by atoms with Gasteiger partial charge in [-0.05, 0) is 18.2 Å². The van der Waals surface area contributed by atoms with Crippen LogP contribution in [0.2, 0.25) is 0 Å². The van der Waals surface area contributed by atoms with Crippen LogP contribution in [0.5, 0.6) is 0 Å². The number of carbonyl (C=O) groups excluding carboxylic acids is 2. The Morgan fingerprint density at radius 3 is 2.43 bits per heavy atom. The summed E-state index contributed by atoms with van der Waals surface area (Å²) in [5.74, 6) is -0.965. The smallest absolute Gasteiger partial charge is 0.262 e. The first-order valence-corrected chi connectivity index (χ1v) is 12.3. The van der Waals surface area contributed by atoms with Gasteiger partial charge in [0.1, 0.15) is 30.1 Å². The number of amides is 2. The van der Waals surface area contributed by atoms with E-state index in [4.69, 9.17) is 16.3 Å². The van der Waals surface area contributed by atoms with Crippen molar-refractivity contribution in [2.75, 3.05) is 12.9 Å². The summed E-state index contributed by atoms with van der Waals surface area (Å²) in [5, 5.41) is 34.6. The van der Waals surface area contributed by atoms with Crippen LogP contribution in [-0.2, 0) is 4.74 Å². The molecule has 5 atom stereocenters. The number of H-pyrrole nitrogens is 1. The van der Waals surface area contributed by atoms with Gasteiger partial charge in [0.15, 0.2) is 6.23 Å². The van der Waals surface area contributed by atoms with E-state index >= 15 is 0 Å². The van der Waals surface area contributed by atoms with E-state index in [2.05, 4.69) is 9.97 Å². The Morgan fingerprint density at radius 2 is 1.68 bits per heavy atom. The second-order valence-electron chi connectivity index (χ2n) is 9.50. The molecular weight excluding hydrogens is 500 g/mol. The van der Waals surface area contributed by atoms with Crippen LogP contribution in [0.15, 0.2) is 42.6 Å². The van der Waals surface area contributed by atoms with Crippen molar-refractivity contribution in [3.63, 3.8) is 0 Å². The number of aliphatic hydroxyl groups excluding tert-OH is 3. The molecule has 2 aliphatic heterocycles. The highest BCUT2D eigenvalue weighted by Crippen LogP contribution is 2.46. The second-order valence-corrected chi connectivity index (χ2v) is 9.80. The lowest BCUT2D eigenvalue weighted by atomic mass is 9.96. The molecule has 0 spiro atoms. The molecule has 0 radical (unpaired) electrons. The van der Waals surface area contributed by atoms with Gasteiger partial charge in [-0.1, -0.05) is 18.2 Å². The van der Waals surface area contributed by atoms with Crippen molar-refractivity contribution in [1.29, 1.82) is 0 Å². The molecule has 1 fully saturated rings. The first-order valence-electron chi connectivity index (χ1n) is 11.8. The summed E-state index contributed by atoms with van der Waals surface area (Å²) < 4.78 is 7.79. The number of rotatable bonds is 2. The molecule has 0 bridgehead atoms. The fraction of sp³-hybridized carbons (Fsp3) is 0.269. The molecule has 11 heteroatoms. The third-order valence-corrected chi connectivity index (χ3v) is 7.90. The van der Waals surface area contributed by atoms with Crippen LogP contribution in [0.4, 0.5) is 0 Å². The number of ether oxygens (including phenoxy) is 1. The van der Waals surface area contributed by atoms with Gasteiger partial charge in [-0.3, -0.25) is 14.5 Å². The topological polar surface area (TPSA) is 141 Å². The number of benzene rings is 2. The van der Waals surface area contributed by atoms with E-state index in [1.165, 1.54) is 7.05 Å². The van der Waals surface area contributed by atoms with Crippen LogP contribution in [0.25, 0.3) is 43.7 Å². The summed E-state index contributed by atoms with van der Waals surface area (Å²) in [4.78, 5) is 35.7. The number of alkyl halides is 1. The average Bonchev–Trinajstić information content (AvgIpc) is 3.53. The molecule has 1 saturated heterocycles. The largest absolute Gasteiger partial charge is 0.388 e. The number of hydrogen-bond donors (Lipinski definition) is 4. The van der Waals surface area contributed by atoms with Gasteiger partial charge in [0.05, 0.1) is 33.6 Å². The molecule has 5 aromatic rings. The van der Waals surface area contributed by atoms with E-state index in [0.717, 1.165) is 4.90 Å². The van der Waals surface area contributed by atoms with Crippen LogP contribution >= 0.6 is 11.6 Å². The van der Waals surface area contributed by atoms with Crippen LogP contribution in [0.3, 0.4) is 0 Å². The highest BCUT2D eigenvalue weighted by molar-refractivity contribution is 6.39. The molecule has 2 aromatic carbocycles. The molecule has 7 rings (SSSR count). The van der Waals surface area contributed by atoms with Crippen molar-refractivity contribution in [2.45, 2.75) is 30.6 Å². The molecule has 0 saturated carbocycles. The molecule has 4 N–H and O–H groups in total. The molecule has 0 unspecified atom stereocenters. The average molecular weight is 521 g/mol. The van der Waals surface area contributed by atoms with Gasteiger partial charge in [0.2, 0.25) is 0 Å². The minimum Gasteiger partial charge on any atom is -0.388 e. The van der Waals surface area contributed by atoms with Crippen LogP contribution in [-0.4, -0.2) is 83.9 Å². The molecule has 10 nitrogen and oxygen atoms in total. The monoisotopic (exact) mass is 520 g/mol. The fourth-order valence-electron chi connectivity index (χ4n) is 5.86. The van der Waals surface area contributed by atoms with Crippen molar-refractivity contribution >= 4 is 67.2 Å². The summed E-state index contributed by atoms with van der Waals surface area (Å²) in [6, 6.07) is 10.8. The number of aromatic amines is 1. The Kier molecular flexibility index (Phi) is 4.73. The normalized spacial score (nSPS) is 26.3. The van der Waals surface area contributed by atoms with E-state index in [0.29, 0.717) is 43.7 Å². The van der Waals surface area contributed by atoms with E-state index in [-0.39, 0.29) is 17.0 Å².